The van der Waals surface area contributed by atoms with E-state index in [2.05, 4.69) is 9.80 Å². The minimum absolute atomic E-state index is 0.134. The van der Waals surface area contributed by atoms with Crippen LogP contribution in [-0.2, 0) is 10.0 Å². The van der Waals surface area contributed by atoms with Crippen molar-refractivity contribution in [2.24, 2.45) is 5.14 Å². The number of rotatable bonds is 4. The minimum atomic E-state index is -3.66. The van der Waals surface area contributed by atoms with Gasteiger partial charge in [-0.2, -0.15) is 0 Å². The van der Waals surface area contributed by atoms with Gasteiger partial charge in [0.05, 0.1) is 22.2 Å². The summed E-state index contributed by atoms with van der Waals surface area (Å²) in [6, 6.07) is 12.7. The summed E-state index contributed by atoms with van der Waals surface area (Å²) in [4.78, 5) is 9.40. The van der Waals surface area contributed by atoms with Gasteiger partial charge in [0.2, 0.25) is 10.0 Å². The summed E-state index contributed by atoms with van der Waals surface area (Å²) in [6.07, 6.45) is 0. The van der Waals surface area contributed by atoms with E-state index >= 15 is 0 Å². The Labute approximate surface area is 162 Å². The molecule has 1 saturated heterocycles. The molecular formula is C18H20N4O3S2. The Bertz CT molecular complexity index is 1060. The van der Waals surface area contributed by atoms with Crippen LogP contribution in [0.4, 0.5) is 10.8 Å². The average Bonchev–Trinajstić information content (AvgIpc) is 3.10. The molecule has 7 nitrogen and oxygen atoms in total. The van der Waals surface area contributed by atoms with Crippen LogP contribution in [0.1, 0.15) is 0 Å². The maximum Gasteiger partial charge on any atom is 0.238 e. The molecule has 2 N–H and O–H groups in total. The Hall–Kier alpha value is -2.36. The van der Waals surface area contributed by atoms with Gasteiger partial charge in [0, 0.05) is 37.9 Å². The molecule has 2 heterocycles. The number of nitrogens with zero attached hydrogens (tertiary/aromatic N) is 3. The summed E-state index contributed by atoms with van der Waals surface area (Å²) in [6.45, 7) is 3.39. The van der Waals surface area contributed by atoms with Gasteiger partial charge < -0.3 is 14.5 Å². The third-order valence-corrected chi connectivity index (χ3v) is 6.69. The molecule has 0 spiro atoms. The lowest BCUT2D eigenvalue weighted by Gasteiger charge is -2.36. The van der Waals surface area contributed by atoms with Crippen LogP contribution >= 0.6 is 11.3 Å². The monoisotopic (exact) mass is 404 g/mol. The molecule has 0 aliphatic carbocycles. The van der Waals surface area contributed by atoms with Crippen molar-refractivity contribution in [1.82, 2.24) is 4.98 Å². The Morgan fingerprint density at radius 3 is 2.33 bits per heavy atom. The third-order valence-electron chi connectivity index (χ3n) is 4.66. The summed E-state index contributed by atoms with van der Waals surface area (Å²) in [5.41, 5.74) is 1.95. The molecule has 1 fully saturated rings. The summed E-state index contributed by atoms with van der Waals surface area (Å²) in [5.74, 6) is 0.812. The van der Waals surface area contributed by atoms with E-state index in [0.29, 0.717) is 0 Å². The zero-order valence-electron chi connectivity index (χ0n) is 14.8. The smallest absolute Gasteiger partial charge is 0.238 e. The molecule has 1 aliphatic rings. The fourth-order valence-corrected chi connectivity index (χ4v) is 4.67. The topological polar surface area (TPSA) is 88.8 Å². The first-order valence-electron chi connectivity index (χ1n) is 8.51. The predicted molar refractivity (Wildman–Crippen MR) is 108 cm³/mol. The molecule has 0 saturated carbocycles. The maximum atomic E-state index is 11.4. The van der Waals surface area contributed by atoms with Crippen molar-refractivity contribution in [3.63, 3.8) is 0 Å². The number of nitrogens with two attached hydrogens (primary N) is 1. The van der Waals surface area contributed by atoms with Crippen LogP contribution in [0.5, 0.6) is 5.75 Å². The number of hydrogen-bond donors (Lipinski definition) is 1. The van der Waals surface area contributed by atoms with Crippen molar-refractivity contribution in [2.45, 2.75) is 4.90 Å². The molecule has 142 valence electrons. The summed E-state index contributed by atoms with van der Waals surface area (Å²) < 4.78 is 29.2. The quantitative estimate of drug-likeness (QED) is 0.718. The van der Waals surface area contributed by atoms with Crippen LogP contribution < -0.4 is 19.7 Å². The normalized spacial score (nSPS) is 15.3. The van der Waals surface area contributed by atoms with Gasteiger partial charge >= 0.3 is 0 Å². The fourth-order valence-electron chi connectivity index (χ4n) is 3.16. The first-order valence-corrected chi connectivity index (χ1v) is 10.9. The van der Waals surface area contributed by atoms with Gasteiger partial charge in [0.25, 0.3) is 0 Å². The van der Waals surface area contributed by atoms with Crippen LogP contribution in [0.15, 0.2) is 47.4 Å². The van der Waals surface area contributed by atoms with E-state index in [0.717, 1.165) is 53.0 Å². The third kappa shape index (κ3) is 3.71. The van der Waals surface area contributed by atoms with Crippen LogP contribution in [0, 0.1) is 0 Å². The van der Waals surface area contributed by atoms with Gasteiger partial charge in [-0.05, 0) is 36.4 Å². The van der Waals surface area contributed by atoms with Crippen molar-refractivity contribution >= 4 is 42.4 Å². The van der Waals surface area contributed by atoms with Gasteiger partial charge in [0.1, 0.15) is 5.75 Å². The number of hydrogen-bond acceptors (Lipinski definition) is 7. The Kier molecular flexibility index (Phi) is 4.67. The molecule has 4 rings (SSSR count). The number of benzene rings is 2. The fraction of sp³-hybridized carbons (Fsp3) is 0.278. The Morgan fingerprint density at radius 2 is 1.70 bits per heavy atom. The lowest BCUT2D eigenvalue weighted by molar-refractivity contribution is 0.415. The molecule has 1 aliphatic heterocycles. The highest BCUT2D eigenvalue weighted by Gasteiger charge is 2.20. The average molecular weight is 405 g/mol. The van der Waals surface area contributed by atoms with Crippen molar-refractivity contribution < 1.29 is 13.2 Å². The van der Waals surface area contributed by atoms with Gasteiger partial charge in [-0.15, -0.1) is 0 Å². The van der Waals surface area contributed by atoms with E-state index in [1.807, 2.05) is 18.2 Å². The highest BCUT2D eigenvalue weighted by molar-refractivity contribution is 7.89. The molecule has 3 aromatic rings. The molecule has 0 atom stereocenters. The zero-order chi connectivity index (χ0) is 19.0. The first-order chi connectivity index (χ1) is 12.9. The summed E-state index contributed by atoms with van der Waals surface area (Å²) in [5, 5.41) is 6.17. The molecule has 0 bridgehead atoms. The molecule has 0 amide bonds. The number of thiazole rings is 1. The SMILES string of the molecule is COc1ccc2sc(N3CCN(c4ccc(S(N)(=O)=O)cc4)CC3)nc2c1. The lowest BCUT2D eigenvalue weighted by atomic mass is 10.2. The van der Waals surface area contributed by atoms with E-state index < -0.39 is 10.0 Å². The molecular weight excluding hydrogens is 384 g/mol. The largest absolute Gasteiger partial charge is 0.497 e. The standard InChI is InChI=1S/C18H20N4O3S2/c1-25-14-4-7-17-16(12-14)20-18(26-17)22-10-8-21(9-11-22)13-2-5-15(6-3-13)27(19,23)24/h2-7,12H,8-11H2,1H3,(H2,19,23,24). The Morgan fingerprint density at radius 1 is 1.04 bits per heavy atom. The number of ether oxygens (including phenoxy) is 1. The van der Waals surface area contributed by atoms with Crippen molar-refractivity contribution in [1.29, 1.82) is 0 Å². The predicted octanol–water partition coefficient (Wildman–Crippen LogP) is 2.28. The van der Waals surface area contributed by atoms with E-state index in [4.69, 9.17) is 14.9 Å². The highest BCUT2D eigenvalue weighted by Crippen LogP contribution is 2.32. The van der Waals surface area contributed by atoms with E-state index in [-0.39, 0.29) is 4.90 Å². The number of aromatic nitrogens is 1. The van der Waals surface area contributed by atoms with E-state index in [9.17, 15) is 8.42 Å². The highest BCUT2D eigenvalue weighted by atomic mass is 32.2. The maximum absolute atomic E-state index is 11.4. The van der Waals surface area contributed by atoms with Crippen molar-refractivity contribution in [2.75, 3.05) is 43.1 Å². The number of fused-ring (bicyclic) bond motifs is 1. The van der Waals surface area contributed by atoms with Crippen LogP contribution in [0.2, 0.25) is 0 Å². The first kappa shape index (κ1) is 18.0. The number of methoxy groups -OCH3 is 1. The summed E-state index contributed by atoms with van der Waals surface area (Å²) in [7, 11) is -2.00. The van der Waals surface area contributed by atoms with Crippen LogP contribution in [0.25, 0.3) is 10.2 Å². The zero-order valence-corrected chi connectivity index (χ0v) is 16.5. The second-order valence-electron chi connectivity index (χ2n) is 6.34. The van der Waals surface area contributed by atoms with Gasteiger partial charge in [-0.1, -0.05) is 11.3 Å². The number of primary sulfonamides is 1. The number of piperazine rings is 1. The molecule has 27 heavy (non-hydrogen) atoms. The van der Waals surface area contributed by atoms with Crippen molar-refractivity contribution in [3.05, 3.63) is 42.5 Å². The number of anilines is 2. The molecule has 0 radical (unpaired) electrons. The molecule has 9 heteroatoms. The molecule has 0 unspecified atom stereocenters. The Balaban J connectivity index is 1.45. The lowest BCUT2D eigenvalue weighted by Crippen LogP contribution is -2.46. The summed E-state index contributed by atoms with van der Waals surface area (Å²) >= 11 is 1.68. The second kappa shape index (κ2) is 6.99. The van der Waals surface area contributed by atoms with Crippen LogP contribution in [-0.4, -0.2) is 46.7 Å². The number of sulfonamides is 1. The van der Waals surface area contributed by atoms with Gasteiger partial charge in [-0.25, -0.2) is 18.5 Å². The molecule has 2 aromatic carbocycles. The van der Waals surface area contributed by atoms with Crippen LogP contribution in [0.3, 0.4) is 0 Å². The minimum Gasteiger partial charge on any atom is -0.497 e. The second-order valence-corrected chi connectivity index (χ2v) is 8.91. The van der Waals surface area contributed by atoms with E-state index in [1.165, 1.54) is 0 Å². The molecule has 1 aromatic heterocycles. The van der Waals surface area contributed by atoms with Gasteiger partial charge in [-0.3, -0.25) is 0 Å². The van der Waals surface area contributed by atoms with E-state index in [1.54, 1.807) is 42.7 Å². The van der Waals surface area contributed by atoms with Crippen molar-refractivity contribution in [3.8, 4) is 5.75 Å². The van der Waals surface area contributed by atoms with Gasteiger partial charge in [0.15, 0.2) is 5.13 Å².